The minimum atomic E-state index is -0.228. The van der Waals surface area contributed by atoms with Crippen LogP contribution in [0.5, 0.6) is 5.75 Å². The highest BCUT2D eigenvalue weighted by molar-refractivity contribution is 8.00. The van der Waals surface area contributed by atoms with Gasteiger partial charge < -0.3 is 15.4 Å². The first kappa shape index (κ1) is 22.1. The average molecular weight is 482 g/mol. The van der Waals surface area contributed by atoms with Gasteiger partial charge >= 0.3 is 0 Å². The van der Waals surface area contributed by atoms with Crippen LogP contribution in [-0.2, 0) is 4.79 Å². The summed E-state index contributed by atoms with van der Waals surface area (Å²) in [7, 11) is 1.56. The molecule has 4 rings (SSSR count). The molecule has 0 unspecified atom stereocenters. The molecule has 32 heavy (non-hydrogen) atoms. The number of carbonyl (C=O) groups excluding carboxylic acids is 2. The average Bonchev–Trinajstić information content (AvgIpc) is 3.50. The van der Waals surface area contributed by atoms with Crippen molar-refractivity contribution in [1.82, 2.24) is 4.98 Å². The van der Waals surface area contributed by atoms with Crippen molar-refractivity contribution in [3.05, 3.63) is 77.0 Å². The summed E-state index contributed by atoms with van der Waals surface area (Å²) < 4.78 is 5.17. The van der Waals surface area contributed by atoms with E-state index in [1.165, 1.54) is 23.1 Å². The summed E-state index contributed by atoms with van der Waals surface area (Å²) in [5.41, 5.74) is 2.03. The highest BCUT2D eigenvalue weighted by Crippen LogP contribution is 2.28. The first-order chi connectivity index (χ1) is 15.6. The van der Waals surface area contributed by atoms with Crippen molar-refractivity contribution >= 4 is 57.1 Å². The molecular formula is C23H19N3O3S3. The van der Waals surface area contributed by atoms with E-state index >= 15 is 0 Å². The molecule has 0 spiro atoms. The van der Waals surface area contributed by atoms with Crippen LogP contribution in [0.15, 0.2) is 76.3 Å². The fourth-order valence-corrected chi connectivity index (χ4v) is 5.05. The summed E-state index contributed by atoms with van der Waals surface area (Å²) in [6.07, 6.45) is 0. The number of aromatic nitrogens is 1. The number of thiophene rings is 1. The Kier molecular flexibility index (Phi) is 7.21. The maximum absolute atomic E-state index is 12.5. The van der Waals surface area contributed by atoms with Gasteiger partial charge in [0.1, 0.15) is 5.75 Å². The van der Waals surface area contributed by atoms with E-state index in [0.29, 0.717) is 22.1 Å². The van der Waals surface area contributed by atoms with Gasteiger partial charge in [0.2, 0.25) is 5.91 Å². The number of methoxy groups -OCH3 is 1. The van der Waals surface area contributed by atoms with Gasteiger partial charge in [-0.1, -0.05) is 18.2 Å². The highest BCUT2D eigenvalue weighted by atomic mass is 32.2. The molecule has 0 aliphatic heterocycles. The Hall–Kier alpha value is -3.14. The van der Waals surface area contributed by atoms with Crippen LogP contribution in [0.1, 0.15) is 10.4 Å². The van der Waals surface area contributed by atoms with Crippen molar-refractivity contribution in [2.75, 3.05) is 23.5 Å². The minimum Gasteiger partial charge on any atom is -0.497 e. The number of hydrogen-bond donors (Lipinski definition) is 2. The summed E-state index contributed by atoms with van der Waals surface area (Å²) in [4.78, 5) is 31.3. The number of amides is 2. The third-order valence-corrected chi connectivity index (χ3v) is 6.96. The fraction of sp³-hybridized carbons (Fsp3) is 0.0870. The first-order valence-electron chi connectivity index (χ1n) is 9.58. The van der Waals surface area contributed by atoms with Gasteiger partial charge in [0.15, 0.2) is 5.13 Å². The Labute approximate surface area is 197 Å². The molecule has 2 aromatic carbocycles. The van der Waals surface area contributed by atoms with E-state index in [1.807, 2.05) is 47.2 Å². The van der Waals surface area contributed by atoms with Crippen LogP contribution in [0.2, 0.25) is 0 Å². The molecule has 0 saturated heterocycles. The normalized spacial score (nSPS) is 10.5. The van der Waals surface area contributed by atoms with Crippen molar-refractivity contribution in [1.29, 1.82) is 0 Å². The minimum absolute atomic E-state index is 0.132. The molecule has 9 heteroatoms. The Morgan fingerprint density at radius 2 is 1.91 bits per heavy atom. The lowest BCUT2D eigenvalue weighted by Gasteiger charge is -2.08. The van der Waals surface area contributed by atoms with Gasteiger partial charge in [0.05, 0.1) is 23.4 Å². The molecule has 0 atom stereocenters. The maximum Gasteiger partial charge on any atom is 0.255 e. The Morgan fingerprint density at radius 1 is 1.03 bits per heavy atom. The quantitative estimate of drug-likeness (QED) is 0.308. The number of anilines is 2. The number of nitrogens with zero attached hydrogens (tertiary/aromatic N) is 1. The summed E-state index contributed by atoms with van der Waals surface area (Å²) >= 11 is 4.41. The van der Waals surface area contributed by atoms with Gasteiger partial charge in [0, 0.05) is 21.5 Å². The number of ether oxygens (including phenoxy) is 1. The van der Waals surface area contributed by atoms with E-state index in [1.54, 1.807) is 42.7 Å². The molecule has 6 nitrogen and oxygen atoms in total. The number of hydrogen-bond acceptors (Lipinski definition) is 7. The lowest BCUT2D eigenvalue weighted by molar-refractivity contribution is -0.113. The molecule has 2 aromatic heterocycles. The topological polar surface area (TPSA) is 80.3 Å². The van der Waals surface area contributed by atoms with Crippen molar-refractivity contribution in [3.8, 4) is 16.3 Å². The zero-order chi connectivity index (χ0) is 22.3. The Morgan fingerprint density at radius 3 is 2.72 bits per heavy atom. The molecule has 2 N–H and O–H groups in total. The molecule has 2 amide bonds. The van der Waals surface area contributed by atoms with Gasteiger partial charge in [-0.2, -0.15) is 0 Å². The van der Waals surface area contributed by atoms with Crippen molar-refractivity contribution < 1.29 is 14.3 Å². The zero-order valence-electron chi connectivity index (χ0n) is 17.0. The summed E-state index contributed by atoms with van der Waals surface area (Å²) in [6.45, 7) is 0. The van der Waals surface area contributed by atoms with Gasteiger partial charge in [-0.15, -0.1) is 34.4 Å². The molecule has 4 aromatic rings. The number of thiazole rings is 1. The van der Waals surface area contributed by atoms with E-state index in [2.05, 4.69) is 15.6 Å². The number of rotatable bonds is 8. The summed E-state index contributed by atoms with van der Waals surface area (Å²) in [5, 5.41) is 10.2. The van der Waals surface area contributed by atoms with E-state index < -0.39 is 0 Å². The van der Waals surface area contributed by atoms with E-state index in [-0.39, 0.29) is 17.6 Å². The number of carbonyl (C=O) groups is 2. The molecule has 0 radical (unpaired) electrons. The number of thioether (sulfide) groups is 1. The molecule has 0 aliphatic rings. The lowest BCUT2D eigenvalue weighted by Crippen LogP contribution is -2.14. The second kappa shape index (κ2) is 10.4. The van der Waals surface area contributed by atoms with Crippen LogP contribution in [0.4, 0.5) is 10.8 Å². The third-order valence-electron chi connectivity index (χ3n) is 4.32. The van der Waals surface area contributed by atoms with Crippen LogP contribution in [0.25, 0.3) is 10.6 Å². The Bertz CT molecular complexity index is 1220. The molecule has 0 bridgehead atoms. The summed E-state index contributed by atoms with van der Waals surface area (Å²) in [5.74, 6) is 0.499. The van der Waals surface area contributed by atoms with Gasteiger partial charge in [0.25, 0.3) is 5.91 Å². The van der Waals surface area contributed by atoms with Crippen LogP contribution in [-0.4, -0.2) is 29.7 Å². The first-order valence-corrected chi connectivity index (χ1v) is 12.3. The molecule has 0 fully saturated rings. The summed E-state index contributed by atoms with van der Waals surface area (Å²) in [6, 6.07) is 18.3. The highest BCUT2D eigenvalue weighted by Gasteiger charge is 2.11. The van der Waals surface area contributed by atoms with E-state index in [9.17, 15) is 9.59 Å². The van der Waals surface area contributed by atoms with Crippen molar-refractivity contribution in [2.24, 2.45) is 0 Å². The van der Waals surface area contributed by atoms with Gasteiger partial charge in [-0.05, 0) is 47.8 Å². The lowest BCUT2D eigenvalue weighted by atomic mass is 10.2. The molecule has 0 saturated carbocycles. The second-order valence-corrected chi connectivity index (χ2v) is 9.42. The smallest absolute Gasteiger partial charge is 0.255 e. The number of nitrogens with one attached hydrogen (secondary N) is 2. The Balaban J connectivity index is 1.31. The maximum atomic E-state index is 12.5. The van der Waals surface area contributed by atoms with Gasteiger partial charge in [-0.25, -0.2) is 4.98 Å². The van der Waals surface area contributed by atoms with Crippen LogP contribution in [0, 0.1) is 0 Å². The molecule has 162 valence electrons. The van der Waals surface area contributed by atoms with E-state index in [0.717, 1.165) is 15.5 Å². The largest absolute Gasteiger partial charge is 0.497 e. The number of benzene rings is 2. The second-order valence-electron chi connectivity index (χ2n) is 6.57. The van der Waals surface area contributed by atoms with Crippen LogP contribution in [0.3, 0.4) is 0 Å². The monoisotopic (exact) mass is 481 g/mol. The molecule has 0 aliphatic carbocycles. The van der Waals surface area contributed by atoms with E-state index in [4.69, 9.17) is 4.74 Å². The predicted molar refractivity (Wildman–Crippen MR) is 132 cm³/mol. The zero-order valence-corrected chi connectivity index (χ0v) is 19.5. The van der Waals surface area contributed by atoms with Crippen molar-refractivity contribution in [2.45, 2.75) is 4.90 Å². The SMILES string of the molecule is COc1cccc(C(=O)Nc2cccc(SCC(=O)Nc3nc(-c4cccs4)cs3)c2)c1. The third kappa shape index (κ3) is 5.76. The van der Waals surface area contributed by atoms with Crippen molar-refractivity contribution in [3.63, 3.8) is 0 Å². The van der Waals surface area contributed by atoms with Gasteiger partial charge in [-0.3, -0.25) is 9.59 Å². The fourth-order valence-electron chi connectivity index (χ4n) is 2.80. The van der Waals surface area contributed by atoms with Crippen LogP contribution >= 0.6 is 34.4 Å². The molecular weight excluding hydrogens is 462 g/mol. The predicted octanol–water partition coefficient (Wildman–Crippen LogP) is 5.86. The standard InChI is InChI=1S/C23H19N3O3S3/c1-29-17-7-2-5-15(11-17)22(28)24-16-6-3-8-18(12-16)31-14-21(27)26-23-25-19(13-32-23)20-9-4-10-30-20/h2-13H,14H2,1H3,(H,24,28)(H,25,26,27). The van der Waals surface area contributed by atoms with Crippen LogP contribution < -0.4 is 15.4 Å². The molecule has 2 heterocycles.